The summed E-state index contributed by atoms with van der Waals surface area (Å²) in [6.45, 7) is 12.5. The van der Waals surface area contributed by atoms with Gasteiger partial charge in [0.2, 0.25) is 0 Å². The van der Waals surface area contributed by atoms with Crippen molar-refractivity contribution in [1.82, 2.24) is 29.2 Å². The fourth-order valence-corrected chi connectivity index (χ4v) is 4.71. The average molecular weight is 657 g/mol. The van der Waals surface area contributed by atoms with Gasteiger partial charge in [0, 0.05) is 11.4 Å². The second kappa shape index (κ2) is 19.0. The molecule has 0 unspecified atom stereocenters. The maximum absolute atomic E-state index is 8.12. The van der Waals surface area contributed by atoms with E-state index in [0.717, 1.165) is 52.7 Å². The number of hydrogen-bond acceptors (Lipinski definition) is 10. The summed E-state index contributed by atoms with van der Waals surface area (Å²) < 4.78 is 3.66. The van der Waals surface area contributed by atoms with Gasteiger partial charge in [0.1, 0.15) is 5.15 Å². The van der Waals surface area contributed by atoms with Crippen LogP contribution in [0.2, 0.25) is 5.15 Å². The van der Waals surface area contributed by atoms with Crippen molar-refractivity contribution in [1.29, 1.82) is 0 Å². The summed E-state index contributed by atoms with van der Waals surface area (Å²) in [5.74, 6) is 0.829. The maximum atomic E-state index is 8.12. The molecular formula is C34H37ClN8O4. The maximum Gasteiger partial charge on any atom is 0.373 e. The third kappa shape index (κ3) is 12.0. The third-order valence-corrected chi connectivity index (χ3v) is 6.50. The van der Waals surface area contributed by atoms with Gasteiger partial charge in [-0.15, -0.1) is 5.10 Å². The molecule has 0 aliphatic rings. The van der Waals surface area contributed by atoms with E-state index in [4.69, 9.17) is 36.5 Å². The van der Waals surface area contributed by atoms with Crippen molar-refractivity contribution < 1.29 is 19.2 Å². The van der Waals surface area contributed by atoms with Crippen LogP contribution in [0.15, 0.2) is 73.1 Å². The lowest BCUT2D eigenvalue weighted by Crippen LogP contribution is -2.01. The Morgan fingerprint density at radius 2 is 1.11 bits per heavy atom. The number of aryl methyl sites for hydroxylation is 6. The van der Waals surface area contributed by atoms with E-state index in [2.05, 4.69) is 77.4 Å². The molecule has 0 aliphatic carbocycles. The largest absolute Gasteiger partial charge is 0.399 e. The van der Waals surface area contributed by atoms with E-state index in [1.807, 2.05) is 61.1 Å². The molecule has 6 rings (SSSR count). The van der Waals surface area contributed by atoms with Crippen LogP contribution in [0.4, 0.5) is 17.2 Å². The van der Waals surface area contributed by atoms with Crippen molar-refractivity contribution in [2.45, 2.75) is 54.4 Å². The van der Waals surface area contributed by atoms with Gasteiger partial charge in [-0.05, 0) is 111 Å². The Morgan fingerprint density at radius 3 is 1.55 bits per heavy atom. The Balaban J connectivity index is 0.000000242. The number of aromatic nitrogens is 6. The van der Waals surface area contributed by atoms with Gasteiger partial charge in [0.15, 0.2) is 17.1 Å². The van der Waals surface area contributed by atoms with Gasteiger partial charge in [-0.2, -0.15) is 24.3 Å². The summed E-state index contributed by atoms with van der Waals surface area (Å²) in [4.78, 5) is 41.0. The number of hydrogen-bond donors (Lipinski definition) is 2. The Labute approximate surface area is 277 Å². The lowest BCUT2D eigenvalue weighted by atomic mass is 10.1. The van der Waals surface area contributed by atoms with Crippen LogP contribution in [0.5, 0.6) is 0 Å². The van der Waals surface area contributed by atoms with Gasteiger partial charge in [-0.1, -0.05) is 37.6 Å². The predicted octanol–water partition coefficient (Wildman–Crippen LogP) is 6.32. The highest BCUT2D eigenvalue weighted by atomic mass is 35.5. The fourth-order valence-electron chi connectivity index (χ4n) is 4.57. The Morgan fingerprint density at radius 1 is 0.681 bits per heavy atom. The first-order valence-electron chi connectivity index (χ1n) is 14.5. The van der Waals surface area contributed by atoms with Gasteiger partial charge in [-0.3, -0.25) is 0 Å². The molecule has 6 aromatic rings. The van der Waals surface area contributed by atoms with E-state index in [9.17, 15) is 0 Å². The molecule has 0 saturated heterocycles. The molecule has 12 nitrogen and oxygen atoms in total. The predicted molar refractivity (Wildman–Crippen MR) is 179 cm³/mol. The Bertz CT molecular complexity index is 1890. The summed E-state index contributed by atoms with van der Waals surface area (Å²) in [5, 5.41) is 12.6. The topological polar surface area (TPSA) is 167 Å². The van der Waals surface area contributed by atoms with Crippen molar-refractivity contribution in [3.05, 3.63) is 112 Å². The van der Waals surface area contributed by atoms with Crippen LogP contribution in [0, 0.1) is 27.7 Å². The van der Waals surface area contributed by atoms with Crippen molar-refractivity contribution in [2.24, 2.45) is 0 Å². The first-order chi connectivity index (χ1) is 22.5. The number of nitrogens with two attached hydrogens (primary N) is 1. The van der Waals surface area contributed by atoms with Crippen molar-refractivity contribution in [3.8, 4) is 0 Å². The summed E-state index contributed by atoms with van der Waals surface area (Å²) >= 11 is 5.74. The normalized spacial score (nSPS) is 9.60. The number of halogens is 1. The monoisotopic (exact) mass is 656 g/mol. The molecule has 47 heavy (non-hydrogen) atoms. The zero-order valence-corrected chi connectivity index (χ0v) is 27.9. The van der Waals surface area contributed by atoms with Gasteiger partial charge >= 0.3 is 12.3 Å². The molecule has 2 aromatic carbocycles. The highest BCUT2D eigenvalue weighted by molar-refractivity contribution is 6.29. The van der Waals surface area contributed by atoms with Crippen LogP contribution < -0.4 is 11.1 Å². The highest BCUT2D eigenvalue weighted by Gasteiger charge is 2.05. The number of rotatable bonds is 4. The fraction of sp³-hybridized carbons (Fsp3) is 0.235. The molecule has 0 saturated carbocycles. The summed E-state index contributed by atoms with van der Waals surface area (Å²) in [7, 11) is 0. The minimum Gasteiger partial charge on any atom is -0.399 e. The molecule has 0 atom stereocenters. The molecule has 3 N–H and O–H groups in total. The number of benzene rings is 2. The van der Waals surface area contributed by atoms with E-state index in [-0.39, 0.29) is 12.3 Å². The van der Waals surface area contributed by atoms with Crippen LogP contribution in [-0.4, -0.2) is 41.5 Å². The molecule has 0 spiro atoms. The molecule has 244 valence electrons. The molecule has 0 bridgehead atoms. The molecule has 0 amide bonds. The van der Waals surface area contributed by atoms with Gasteiger partial charge < -0.3 is 11.1 Å². The van der Waals surface area contributed by atoms with Crippen LogP contribution in [0.3, 0.4) is 0 Å². The van der Waals surface area contributed by atoms with E-state index in [1.54, 1.807) is 10.6 Å². The number of anilines is 3. The minimum absolute atomic E-state index is 0.250. The number of imidazole rings is 2. The number of carbonyl (C=O) groups excluding carboxylic acids is 4. The van der Waals surface area contributed by atoms with Gasteiger partial charge in [-0.25, -0.2) is 19.0 Å². The van der Waals surface area contributed by atoms with Gasteiger partial charge in [0.25, 0.3) is 0 Å². The van der Waals surface area contributed by atoms with E-state index >= 15 is 0 Å². The average Bonchev–Trinajstić information content (AvgIpc) is 3.60. The lowest BCUT2D eigenvalue weighted by Gasteiger charge is -2.08. The van der Waals surface area contributed by atoms with Crippen molar-refractivity contribution >= 4 is 52.4 Å². The molecule has 4 heterocycles. The first kappa shape index (κ1) is 37.5. The first-order valence-corrected chi connectivity index (χ1v) is 14.9. The Kier molecular flexibility index (Phi) is 15.2. The third-order valence-electron chi connectivity index (χ3n) is 6.30. The van der Waals surface area contributed by atoms with Crippen molar-refractivity contribution in [2.75, 3.05) is 11.1 Å². The van der Waals surface area contributed by atoms with Gasteiger partial charge in [0.05, 0.1) is 23.8 Å². The molecule has 0 aliphatic heterocycles. The number of nitrogens with zero attached hydrogens (tertiary/aromatic N) is 6. The number of fused-ring (bicyclic) bond motifs is 2. The van der Waals surface area contributed by atoms with Crippen LogP contribution >= 0.6 is 11.6 Å². The number of nitrogen functional groups attached to an aromatic ring is 1. The van der Waals surface area contributed by atoms with Crippen molar-refractivity contribution in [3.63, 3.8) is 0 Å². The van der Waals surface area contributed by atoms with Crippen LogP contribution in [0.1, 0.15) is 47.5 Å². The lowest BCUT2D eigenvalue weighted by molar-refractivity contribution is -0.193. The number of nitrogens with one attached hydrogen (secondary N) is 1. The SMILES string of the molecule is CCc1cnc2ccc(Cl)nn12.CCc1cnc2ccc(Nc3cc(C)cc(C)c3)nn12.Cc1cc(C)cc(N)c1.O=C=O.O=C=O. The van der Waals surface area contributed by atoms with E-state index in [1.165, 1.54) is 22.3 Å². The summed E-state index contributed by atoms with van der Waals surface area (Å²) in [6, 6.07) is 20.0. The summed E-state index contributed by atoms with van der Waals surface area (Å²) in [6.07, 6.45) is 6.03. The van der Waals surface area contributed by atoms with E-state index in [0.29, 0.717) is 5.15 Å². The molecule has 13 heteroatoms. The highest BCUT2D eigenvalue weighted by Crippen LogP contribution is 2.19. The molecule has 0 fully saturated rings. The van der Waals surface area contributed by atoms with Crippen LogP contribution in [0.25, 0.3) is 11.3 Å². The molecule has 4 aromatic heterocycles. The minimum atomic E-state index is 0.250. The zero-order valence-electron chi connectivity index (χ0n) is 27.1. The van der Waals surface area contributed by atoms with E-state index < -0.39 is 0 Å². The zero-order chi connectivity index (χ0) is 34.9. The summed E-state index contributed by atoms with van der Waals surface area (Å²) in [5.41, 5.74) is 16.3. The molecular weight excluding hydrogens is 620 g/mol. The molecule has 0 radical (unpaired) electrons. The quantitative estimate of drug-likeness (QED) is 0.205. The second-order valence-electron chi connectivity index (χ2n) is 10.2. The smallest absolute Gasteiger partial charge is 0.373 e. The standard InChI is InChI=1S/C16H18N4.C8H8ClN3.C8H11N.2CO2/c1-4-14-10-17-16-6-5-15(19-20(14)16)18-13-8-11(2)7-12(3)9-13;1-2-6-5-10-8-4-3-7(9)11-12(6)8;1-6-3-7(2)5-8(9)4-6;2*2-1-3/h5-10H,4H2,1-3H3,(H,18,19);3-5H,2H2,1H3;3-5H,9H2,1-2H3;;. The van der Waals surface area contributed by atoms with Crippen LogP contribution in [-0.2, 0) is 32.0 Å². The Hall–Kier alpha value is -5.67. The second-order valence-corrected chi connectivity index (χ2v) is 10.6.